The molecular formula is C27H25ClN4O3. The highest BCUT2D eigenvalue weighted by molar-refractivity contribution is 6.42. The molecule has 0 fully saturated rings. The van der Waals surface area contributed by atoms with Crippen molar-refractivity contribution in [2.24, 2.45) is 0 Å². The number of carbonyl (C=O) groups is 3. The number of amides is 3. The van der Waals surface area contributed by atoms with Crippen molar-refractivity contribution < 1.29 is 14.4 Å². The lowest BCUT2D eigenvalue weighted by Crippen LogP contribution is -2.36. The van der Waals surface area contributed by atoms with Crippen molar-refractivity contribution in [2.45, 2.75) is 27.7 Å². The zero-order valence-electron chi connectivity index (χ0n) is 19.8. The van der Waals surface area contributed by atoms with Gasteiger partial charge in [0.15, 0.2) is 0 Å². The molecule has 7 nitrogen and oxygen atoms in total. The van der Waals surface area contributed by atoms with Crippen LogP contribution in [0.3, 0.4) is 0 Å². The molecule has 0 saturated heterocycles. The van der Waals surface area contributed by atoms with Gasteiger partial charge in [0, 0.05) is 21.8 Å². The minimum atomic E-state index is -0.919. The summed E-state index contributed by atoms with van der Waals surface area (Å²) < 4.78 is 1.30. The van der Waals surface area contributed by atoms with Gasteiger partial charge in [-0.3, -0.25) is 19.8 Å². The Morgan fingerprint density at radius 1 is 0.800 bits per heavy atom. The quantitative estimate of drug-likeness (QED) is 0.332. The summed E-state index contributed by atoms with van der Waals surface area (Å²) in [6.07, 6.45) is 0. The average Bonchev–Trinajstić information content (AvgIpc) is 3.13. The number of aryl methyl sites for hydroxylation is 3. The predicted octanol–water partition coefficient (Wildman–Crippen LogP) is 5.49. The molecule has 178 valence electrons. The van der Waals surface area contributed by atoms with Gasteiger partial charge in [-0.25, -0.2) is 4.68 Å². The summed E-state index contributed by atoms with van der Waals surface area (Å²) in [5, 5.41) is 6.62. The molecule has 4 aromatic rings. The van der Waals surface area contributed by atoms with E-state index in [2.05, 4.69) is 16.1 Å². The van der Waals surface area contributed by atoms with Gasteiger partial charge in [0.25, 0.3) is 5.91 Å². The normalized spacial score (nSPS) is 10.8. The topological polar surface area (TPSA) is 92.2 Å². The first-order chi connectivity index (χ1) is 16.6. The Morgan fingerprint density at radius 2 is 1.51 bits per heavy atom. The van der Waals surface area contributed by atoms with Crippen molar-refractivity contribution in [2.75, 3.05) is 16.1 Å². The van der Waals surface area contributed by atoms with Crippen LogP contribution in [-0.2, 0) is 9.59 Å². The van der Waals surface area contributed by atoms with Crippen LogP contribution in [0.2, 0.25) is 5.02 Å². The first-order valence-electron chi connectivity index (χ1n) is 11.0. The molecule has 0 radical (unpaired) electrons. The summed E-state index contributed by atoms with van der Waals surface area (Å²) in [5.41, 5.74) is 8.28. The molecule has 0 aliphatic heterocycles. The van der Waals surface area contributed by atoms with Gasteiger partial charge in [0.05, 0.1) is 5.52 Å². The Morgan fingerprint density at radius 3 is 2.23 bits per heavy atom. The molecule has 3 amide bonds. The van der Waals surface area contributed by atoms with Crippen molar-refractivity contribution in [3.05, 3.63) is 93.6 Å². The van der Waals surface area contributed by atoms with Gasteiger partial charge in [-0.1, -0.05) is 29.8 Å². The number of anilines is 2. The van der Waals surface area contributed by atoms with Gasteiger partial charge in [-0.15, -0.1) is 0 Å². The van der Waals surface area contributed by atoms with Crippen molar-refractivity contribution >= 4 is 51.6 Å². The molecule has 3 aromatic carbocycles. The molecule has 1 aromatic heterocycles. The molecule has 0 spiro atoms. The van der Waals surface area contributed by atoms with Crippen LogP contribution in [0.4, 0.5) is 11.4 Å². The number of fused-ring (bicyclic) bond motifs is 1. The van der Waals surface area contributed by atoms with Crippen LogP contribution in [0.5, 0.6) is 0 Å². The summed E-state index contributed by atoms with van der Waals surface area (Å²) in [6.45, 7) is 7.68. The molecule has 1 heterocycles. The monoisotopic (exact) mass is 488 g/mol. The second-order valence-corrected chi connectivity index (χ2v) is 8.98. The highest BCUT2D eigenvalue weighted by atomic mass is 35.5. The first-order valence-corrected chi connectivity index (χ1v) is 11.4. The van der Waals surface area contributed by atoms with Gasteiger partial charge in [-0.05, 0) is 92.4 Å². The summed E-state index contributed by atoms with van der Waals surface area (Å²) in [5.74, 6) is -2.22. The number of halogens is 1. The molecule has 0 saturated carbocycles. The van der Waals surface area contributed by atoms with Gasteiger partial charge < -0.3 is 10.6 Å². The van der Waals surface area contributed by atoms with Gasteiger partial charge in [0.2, 0.25) is 0 Å². The van der Waals surface area contributed by atoms with Crippen molar-refractivity contribution in [1.82, 2.24) is 4.68 Å². The molecule has 0 bridgehead atoms. The Labute approximate surface area is 208 Å². The number of rotatable bonds is 4. The smallest absolute Gasteiger partial charge is 0.320 e. The highest BCUT2D eigenvalue weighted by Crippen LogP contribution is 2.25. The second-order valence-electron chi connectivity index (χ2n) is 8.54. The Kier molecular flexibility index (Phi) is 6.62. The van der Waals surface area contributed by atoms with Crippen molar-refractivity contribution in [1.29, 1.82) is 0 Å². The molecular weight excluding hydrogens is 464 g/mol. The number of carbonyl (C=O) groups excluding carboxylic acids is 3. The maximum atomic E-state index is 13.3. The fourth-order valence-electron chi connectivity index (χ4n) is 3.93. The van der Waals surface area contributed by atoms with E-state index in [1.165, 1.54) is 4.68 Å². The van der Waals surface area contributed by atoms with Gasteiger partial charge >= 0.3 is 11.8 Å². The third-order valence-corrected chi connectivity index (χ3v) is 5.98. The van der Waals surface area contributed by atoms with E-state index in [1.54, 1.807) is 42.5 Å². The Bertz CT molecular complexity index is 1470. The Hall–Kier alpha value is -4.10. The number of hydrogen-bond donors (Lipinski definition) is 3. The van der Waals surface area contributed by atoms with E-state index in [0.29, 0.717) is 27.3 Å². The first kappa shape index (κ1) is 24.0. The summed E-state index contributed by atoms with van der Waals surface area (Å²) >= 11 is 6.14. The molecule has 0 aliphatic carbocycles. The van der Waals surface area contributed by atoms with E-state index in [0.717, 1.165) is 22.3 Å². The number of hydrogen-bond acceptors (Lipinski definition) is 3. The lowest BCUT2D eigenvalue weighted by molar-refractivity contribution is -0.133. The zero-order valence-corrected chi connectivity index (χ0v) is 20.6. The third-order valence-electron chi connectivity index (χ3n) is 5.75. The zero-order chi connectivity index (χ0) is 25.3. The van der Waals surface area contributed by atoms with E-state index < -0.39 is 17.7 Å². The minimum Gasteiger partial charge on any atom is -0.320 e. The highest BCUT2D eigenvalue weighted by Gasteiger charge is 2.22. The lowest BCUT2D eigenvalue weighted by atomic mass is 10.1. The Balaban J connectivity index is 1.65. The standard InChI is InChI=1S/C27H25ClN4O3/c1-15-10-16(2)12-21(11-15)29-26(34)27(35)31-32-23-9-8-20(28)13-19(23)14-24(32)25(33)30-22-7-5-6-17(3)18(22)4/h5-14H,1-4H3,(H,29,34)(H,30,33)(H,31,35). The van der Waals surface area contributed by atoms with Crippen LogP contribution in [0, 0.1) is 27.7 Å². The maximum absolute atomic E-state index is 13.3. The van der Waals surface area contributed by atoms with Crippen molar-refractivity contribution in [3.63, 3.8) is 0 Å². The number of nitrogens with one attached hydrogen (secondary N) is 3. The number of nitrogens with zero attached hydrogens (tertiary/aromatic N) is 1. The molecule has 0 aliphatic rings. The van der Waals surface area contributed by atoms with Crippen LogP contribution in [-0.4, -0.2) is 22.4 Å². The summed E-state index contributed by atoms with van der Waals surface area (Å²) in [6, 6.07) is 17.7. The van der Waals surface area contributed by atoms with E-state index >= 15 is 0 Å². The molecule has 4 rings (SSSR count). The fraction of sp³-hybridized carbons (Fsp3) is 0.148. The minimum absolute atomic E-state index is 0.149. The lowest BCUT2D eigenvalue weighted by Gasteiger charge is -2.14. The van der Waals surface area contributed by atoms with Crippen LogP contribution in [0.1, 0.15) is 32.7 Å². The van der Waals surface area contributed by atoms with Gasteiger partial charge in [-0.2, -0.15) is 0 Å². The van der Waals surface area contributed by atoms with Crippen LogP contribution in [0.25, 0.3) is 10.9 Å². The summed E-state index contributed by atoms with van der Waals surface area (Å²) in [7, 11) is 0. The molecule has 8 heteroatoms. The van der Waals surface area contributed by atoms with Crippen LogP contribution >= 0.6 is 11.6 Å². The third kappa shape index (κ3) is 5.20. The largest absolute Gasteiger partial charge is 0.328 e. The fourth-order valence-corrected chi connectivity index (χ4v) is 4.11. The maximum Gasteiger partial charge on any atom is 0.328 e. The molecule has 35 heavy (non-hydrogen) atoms. The van der Waals surface area contributed by atoms with Crippen molar-refractivity contribution in [3.8, 4) is 0 Å². The van der Waals surface area contributed by atoms with E-state index in [-0.39, 0.29) is 5.69 Å². The number of benzene rings is 3. The average molecular weight is 489 g/mol. The second kappa shape index (κ2) is 9.64. The predicted molar refractivity (Wildman–Crippen MR) is 140 cm³/mol. The van der Waals surface area contributed by atoms with E-state index in [9.17, 15) is 14.4 Å². The molecule has 0 atom stereocenters. The van der Waals surface area contributed by atoms with Gasteiger partial charge in [0.1, 0.15) is 5.69 Å². The summed E-state index contributed by atoms with van der Waals surface area (Å²) in [4.78, 5) is 38.7. The van der Waals surface area contributed by atoms with Crippen LogP contribution in [0.15, 0.2) is 60.7 Å². The van der Waals surface area contributed by atoms with Crippen LogP contribution < -0.4 is 16.1 Å². The SMILES string of the molecule is Cc1cc(C)cc(NC(=O)C(=O)Nn2c(C(=O)Nc3cccc(C)c3C)cc3cc(Cl)ccc32)c1. The van der Waals surface area contributed by atoms with E-state index in [1.807, 2.05) is 45.9 Å². The number of aromatic nitrogens is 1. The molecule has 0 unspecified atom stereocenters. The molecule has 3 N–H and O–H groups in total. The van der Waals surface area contributed by atoms with E-state index in [4.69, 9.17) is 11.6 Å².